The van der Waals surface area contributed by atoms with E-state index >= 15 is 0 Å². The van der Waals surface area contributed by atoms with Crippen LogP contribution in [0.4, 0.5) is 0 Å². The summed E-state index contributed by atoms with van der Waals surface area (Å²) >= 11 is 1.70. The predicted octanol–water partition coefficient (Wildman–Crippen LogP) is 3.30. The third-order valence-corrected chi connectivity index (χ3v) is 3.76. The minimum atomic E-state index is 0.659. The molecular formula is C15H16N4OS. The summed E-state index contributed by atoms with van der Waals surface area (Å²) in [6, 6.07) is 11.7. The van der Waals surface area contributed by atoms with Gasteiger partial charge in [0.2, 0.25) is 0 Å². The van der Waals surface area contributed by atoms with Crippen molar-refractivity contribution in [2.75, 3.05) is 12.4 Å². The van der Waals surface area contributed by atoms with Gasteiger partial charge in [-0.1, -0.05) is 6.92 Å². The summed E-state index contributed by atoms with van der Waals surface area (Å²) in [5.74, 6) is 2.58. The van der Waals surface area contributed by atoms with E-state index in [2.05, 4.69) is 22.2 Å². The van der Waals surface area contributed by atoms with Crippen LogP contribution in [0.2, 0.25) is 0 Å². The van der Waals surface area contributed by atoms with Gasteiger partial charge >= 0.3 is 0 Å². The molecule has 0 saturated carbocycles. The van der Waals surface area contributed by atoms with Crippen molar-refractivity contribution in [1.82, 2.24) is 19.8 Å². The van der Waals surface area contributed by atoms with Crippen LogP contribution in [0.3, 0.4) is 0 Å². The summed E-state index contributed by atoms with van der Waals surface area (Å²) < 4.78 is 7.24. The van der Waals surface area contributed by atoms with Gasteiger partial charge in [0, 0.05) is 5.56 Å². The highest BCUT2D eigenvalue weighted by atomic mass is 32.2. The number of ether oxygens (including phenoxy) is 1. The highest BCUT2D eigenvalue weighted by molar-refractivity contribution is 7.99. The molecule has 5 nitrogen and oxygen atoms in total. The van der Waals surface area contributed by atoms with Crippen LogP contribution in [-0.4, -0.2) is 32.2 Å². The van der Waals surface area contributed by atoms with Gasteiger partial charge in [-0.3, -0.25) is 0 Å². The molecule has 0 bridgehead atoms. The molecule has 1 aromatic carbocycles. The van der Waals surface area contributed by atoms with Crippen LogP contribution in [0.25, 0.3) is 17.0 Å². The summed E-state index contributed by atoms with van der Waals surface area (Å²) in [6.07, 6.45) is 0. The third kappa shape index (κ3) is 2.85. The van der Waals surface area contributed by atoms with E-state index in [9.17, 15) is 0 Å². The molecule has 0 N–H and O–H groups in total. The Kier molecular flexibility index (Phi) is 4.06. The maximum atomic E-state index is 5.45. The normalized spacial score (nSPS) is 11.0. The minimum Gasteiger partial charge on any atom is -0.494 e. The molecule has 3 rings (SSSR count). The van der Waals surface area contributed by atoms with E-state index in [1.165, 1.54) is 0 Å². The Morgan fingerprint density at radius 1 is 1.05 bits per heavy atom. The highest BCUT2D eigenvalue weighted by Gasteiger charge is 2.10. The first-order chi connectivity index (χ1) is 10.3. The van der Waals surface area contributed by atoms with Gasteiger partial charge in [0.05, 0.1) is 6.61 Å². The lowest BCUT2D eigenvalue weighted by Gasteiger charge is -2.04. The summed E-state index contributed by atoms with van der Waals surface area (Å²) in [6.45, 7) is 4.74. The number of hydrogen-bond acceptors (Lipinski definition) is 5. The zero-order valence-electron chi connectivity index (χ0n) is 12.0. The van der Waals surface area contributed by atoms with E-state index in [4.69, 9.17) is 4.74 Å². The van der Waals surface area contributed by atoms with Crippen molar-refractivity contribution in [2.24, 2.45) is 0 Å². The highest BCUT2D eigenvalue weighted by Crippen LogP contribution is 2.22. The van der Waals surface area contributed by atoms with Crippen molar-refractivity contribution in [3.63, 3.8) is 0 Å². The number of fused-ring (bicyclic) bond motifs is 1. The van der Waals surface area contributed by atoms with Crippen molar-refractivity contribution in [3.8, 4) is 17.1 Å². The lowest BCUT2D eigenvalue weighted by Crippen LogP contribution is -1.97. The van der Waals surface area contributed by atoms with Crippen LogP contribution < -0.4 is 4.74 Å². The van der Waals surface area contributed by atoms with E-state index in [0.29, 0.717) is 6.61 Å². The van der Waals surface area contributed by atoms with Crippen LogP contribution in [0.15, 0.2) is 41.4 Å². The van der Waals surface area contributed by atoms with Gasteiger partial charge in [-0.15, -0.1) is 22.0 Å². The zero-order valence-corrected chi connectivity index (χ0v) is 12.8. The second-order valence-corrected chi connectivity index (χ2v) is 5.64. The number of thioether (sulfide) groups is 1. The molecule has 0 amide bonds. The number of rotatable bonds is 5. The minimum absolute atomic E-state index is 0.659. The smallest absolute Gasteiger partial charge is 0.185 e. The monoisotopic (exact) mass is 300 g/mol. The first-order valence-electron chi connectivity index (χ1n) is 6.90. The fraction of sp³-hybridized carbons (Fsp3) is 0.267. The summed E-state index contributed by atoms with van der Waals surface area (Å²) in [5, 5.41) is 14.0. The Labute approximate surface area is 127 Å². The topological polar surface area (TPSA) is 52.3 Å². The van der Waals surface area contributed by atoms with Gasteiger partial charge in [0.1, 0.15) is 10.8 Å². The molecule has 0 aliphatic heterocycles. The van der Waals surface area contributed by atoms with E-state index in [1.54, 1.807) is 16.3 Å². The molecule has 0 saturated heterocycles. The molecule has 0 aliphatic rings. The first kappa shape index (κ1) is 13.9. The van der Waals surface area contributed by atoms with Crippen molar-refractivity contribution in [1.29, 1.82) is 0 Å². The van der Waals surface area contributed by atoms with Gasteiger partial charge in [-0.2, -0.15) is 9.61 Å². The summed E-state index contributed by atoms with van der Waals surface area (Å²) in [5.41, 5.74) is 1.72. The Morgan fingerprint density at radius 3 is 2.57 bits per heavy atom. The third-order valence-electron chi connectivity index (χ3n) is 2.95. The van der Waals surface area contributed by atoms with Gasteiger partial charge in [-0.05, 0) is 49.1 Å². The van der Waals surface area contributed by atoms with Crippen molar-refractivity contribution in [3.05, 3.63) is 36.4 Å². The number of benzene rings is 1. The van der Waals surface area contributed by atoms with Gasteiger partial charge in [0.15, 0.2) is 11.5 Å². The van der Waals surface area contributed by atoms with Crippen LogP contribution in [0, 0.1) is 0 Å². The molecule has 0 fully saturated rings. The summed E-state index contributed by atoms with van der Waals surface area (Å²) in [4.78, 5) is 0. The van der Waals surface area contributed by atoms with Crippen LogP contribution in [0.1, 0.15) is 13.8 Å². The molecule has 6 heteroatoms. The average Bonchev–Trinajstić information content (AvgIpc) is 2.92. The molecule has 0 spiro atoms. The van der Waals surface area contributed by atoms with E-state index < -0.39 is 0 Å². The largest absolute Gasteiger partial charge is 0.494 e. The van der Waals surface area contributed by atoms with E-state index in [-0.39, 0.29) is 0 Å². The lowest BCUT2D eigenvalue weighted by atomic mass is 10.2. The van der Waals surface area contributed by atoms with Crippen LogP contribution in [0.5, 0.6) is 5.75 Å². The molecular weight excluding hydrogens is 284 g/mol. The van der Waals surface area contributed by atoms with E-state index in [1.807, 2.05) is 43.3 Å². The molecule has 0 radical (unpaired) electrons. The Morgan fingerprint density at radius 2 is 1.86 bits per heavy atom. The number of nitrogens with zero attached hydrogens (tertiary/aromatic N) is 4. The Hall–Kier alpha value is -2.08. The van der Waals surface area contributed by atoms with Gasteiger partial charge < -0.3 is 4.74 Å². The standard InChI is InChI=1S/C15H16N4OS/c1-3-20-12-7-5-11(6-8-12)15-17-16-13-9-10-14(21-4-2)18-19(13)15/h5-10H,3-4H2,1-2H3. The van der Waals surface area contributed by atoms with Crippen LogP contribution >= 0.6 is 11.8 Å². The molecule has 2 heterocycles. The second kappa shape index (κ2) is 6.13. The SMILES string of the molecule is CCOc1ccc(-c2nnc3ccc(SCC)nn23)cc1. The maximum absolute atomic E-state index is 5.45. The van der Waals surface area contributed by atoms with Crippen molar-refractivity contribution >= 4 is 17.4 Å². The molecule has 0 atom stereocenters. The average molecular weight is 300 g/mol. The lowest BCUT2D eigenvalue weighted by molar-refractivity contribution is 0.340. The Bertz CT molecular complexity index is 739. The second-order valence-electron chi connectivity index (χ2n) is 4.36. The van der Waals surface area contributed by atoms with E-state index in [0.717, 1.165) is 33.6 Å². The maximum Gasteiger partial charge on any atom is 0.185 e. The number of hydrogen-bond donors (Lipinski definition) is 0. The molecule has 0 aliphatic carbocycles. The molecule has 21 heavy (non-hydrogen) atoms. The zero-order chi connectivity index (χ0) is 14.7. The van der Waals surface area contributed by atoms with Crippen molar-refractivity contribution in [2.45, 2.75) is 18.9 Å². The van der Waals surface area contributed by atoms with Crippen molar-refractivity contribution < 1.29 is 4.74 Å². The fourth-order valence-electron chi connectivity index (χ4n) is 2.04. The molecule has 2 aromatic heterocycles. The quantitative estimate of drug-likeness (QED) is 0.677. The molecule has 108 valence electrons. The molecule has 0 unspecified atom stereocenters. The first-order valence-corrected chi connectivity index (χ1v) is 7.89. The molecule has 3 aromatic rings. The number of aromatic nitrogens is 4. The fourth-order valence-corrected chi connectivity index (χ4v) is 2.64. The predicted molar refractivity (Wildman–Crippen MR) is 83.8 cm³/mol. The van der Waals surface area contributed by atoms with Gasteiger partial charge in [-0.25, -0.2) is 0 Å². The van der Waals surface area contributed by atoms with Gasteiger partial charge in [0.25, 0.3) is 0 Å². The Balaban J connectivity index is 2.00. The van der Waals surface area contributed by atoms with Crippen LogP contribution in [-0.2, 0) is 0 Å². The summed E-state index contributed by atoms with van der Waals surface area (Å²) in [7, 11) is 0.